The summed E-state index contributed by atoms with van der Waals surface area (Å²) in [6, 6.07) is -1.53. The average molecular weight is 812 g/mol. The molecule has 0 heterocycles. The van der Waals surface area contributed by atoms with E-state index in [2.05, 4.69) is 67.0 Å². The number of rotatable bonds is 40. The molecule has 0 aromatic heterocycles. The van der Waals surface area contributed by atoms with Crippen LogP contribution >= 0.6 is 7.82 Å². The second kappa shape index (κ2) is 39.3. The highest BCUT2D eigenvalue weighted by molar-refractivity contribution is 7.47. The van der Waals surface area contributed by atoms with E-state index in [9.17, 15) is 23.8 Å². The largest absolute Gasteiger partial charge is 0.480 e. The molecule has 0 bridgehead atoms. The Hall–Kier alpha value is -2.56. The molecule has 0 rings (SSSR count). The lowest BCUT2D eigenvalue weighted by molar-refractivity contribution is -0.161. The molecule has 0 spiro atoms. The van der Waals surface area contributed by atoms with Gasteiger partial charge in [0.05, 0.1) is 13.2 Å². The maximum Gasteiger partial charge on any atom is 0.472 e. The monoisotopic (exact) mass is 812 g/mol. The number of carboxylic acid groups (broad SMARTS) is 1. The number of ether oxygens (including phenoxy) is 2. The maximum atomic E-state index is 12.6. The van der Waals surface area contributed by atoms with Crippen LogP contribution in [0, 0.1) is 0 Å². The Morgan fingerprint density at radius 3 is 1.48 bits per heavy atom. The lowest BCUT2D eigenvalue weighted by Gasteiger charge is -2.20. The molecule has 0 aliphatic heterocycles. The minimum atomic E-state index is -4.72. The molecule has 0 saturated carbocycles. The fourth-order valence-electron chi connectivity index (χ4n) is 5.58. The molecule has 56 heavy (non-hydrogen) atoms. The highest BCUT2D eigenvalue weighted by atomic mass is 31.2. The van der Waals surface area contributed by atoms with Crippen molar-refractivity contribution in [2.24, 2.45) is 5.73 Å². The van der Waals surface area contributed by atoms with Crippen molar-refractivity contribution in [1.82, 2.24) is 0 Å². The summed E-state index contributed by atoms with van der Waals surface area (Å²) in [5.74, 6) is -2.41. The van der Waals surface area contributed by atoms with Crippen LogP contribution in [0.15, 0.2) is 48.6 Å². The molecule has 3 atom stereocenters. The fraction of sp³-hybridized carbons (Fsp3) is 0.750. The van der Waals surface area contributed by atoms with E-state index in [1.165, 1.54) is 77.0 Å². The van der Waals surface area contributed by atoms with Crippen LogP contribution in [0.1, 0.15) is 181 Å². The van der Waals surface area contributed by atoms with Crippen molar-refractivity contribution >= 4 is 25.7 Å². The average Bonchev–Trinajstić information content (AvgIpc) is 3.17. The Labute approximate surface area is 339 Å². The number of esters is 2. The van der Waals surface area contributed by atoms with Crippen molar-refractivity contribution in [3.05, 3.63) is 48.6 Å². The Morgan fingerprint density at radius 1 is 0.554 bits per heavy atom. The Bertz CT molecular complexity index is 1140. The summed E-state index contributed by atoms with van der Waals surface area (Å²) in [7, 11) is -4.72. The van der Waals surface area contributed by atoms with Gasteiger partial charge in [-0.3, -0.25) is 23.4 Å². The van der Waals surface area contributed by atoms with E-state index < -0.39 is 51.1 Å². The van der Waals surface area contributed by atoms with Crippen molar-refractivity contribution in [2.45, 2.75) is 193 Å². The van der Waals surface area contributed by atoms with Crippen LogP contribution < -0.4 is 5.73 Å². The summed E-state index contributed by atoms with van der Waals surface area (Å²) < 4.78 is 32.7. The molecule has 0 aliphatic carbocycles. The van der Waals surface area contributed by atoms with E-state index in [1.807, 2.05) is 0 Å². The van der Waals surface area contributed by atoms with Crippen molar-refractivity contribution in [3.8, 4) is 0 Å². The highest BCUT2D eigenvalue weighted by Gasteiger charge is 2.28. The number of nitrogens with two attached hydrogens (primary N) is 1. The van der Waals surface area contributed by atoms with Crippen molar-refractivity contribution in [1.29, 1.82) is 0 Å². The second-order valence-electron chi connectivity index (χ2n) is 14.5. The zero-order valence-electron chi connectivity index (χ0n) is 35.0. The first-order chi connectivity index (χ1) is 27.1. The normalized spacial score (nSPS) is 14.2. The van der Waals surface area contributed by atoms with Gasteiger partial charge in [-0.15, -0.1) is 0 Å². The maximum absolute atomic E-state index is 12.6. The molecule has 0 amide bonds. The van der Waals surface area contributed by atoms with Crippen molar-refractivity contribution in [2.75, 3.05) is 19.8 Å². The van der Waals surface area contributed by atoms with E-state index in [0.717, 1.165) is 64.2 Å². The van der Waals surface area contributed by atoms with Crippen molar-refractivity contribution < 1.29 is 47.5 Å². The zero-order valence-corrected chi connectivity index (χ0v) is 35.9. The molecule has 0 radical (unpaired) electrons. The van der Waals surface area contributed by atoms with Gasteiger partial charge < -0.3 is 25.2 Å². The number of hydrogen-bond donors (Lipinski definition) is 3. The summed E-state index contributed by atoms with van der Waals surface area (Å²) in [4.78, 5) is 45.9. The fourth-order valence-corrected chi connectivity index (χ4v) is 6.36. The summed E-state index contributed by atoms with van der Waals surface area (Å²) >= 11 is 0. The molecular formula is C44H78NO10P. The Kier molecular flexibility index (Phi) is 37.5. The third-order valence-corrected chi connectivity index (χ3v) is 10.0. The van der Waals surface area contributed by atoms with Crippen LogP contribution in [0.5, 0.6) is 0 Å². The Balaban J connectivity index is 4.41. The van der Waals surface area contributed by atoms with Gasteiger partial charge >= 0.3 is 25.7 Å². The van der Waals surface area contributed by atoms with Gasteiger partial charge in [-0.1, -0.05) is 146 Å². The molecule has 0 fully saturated rings. The van der Waals surface area contributed by atoms with Crippen LogP contribution in [-0.4, -0.2) is 59.9 Å². The summed E-state index contributed by atoms with van der Waals surface area (Å²) in [5.41, 5.74) is 5.33. The van der Waals surface area contributed by atoms with Gasteiger partial charge in [-0.25, -0.2) is 4.57 Å². The van der Waals surface area contributed by atoms with Crippen LogP contribution in [0.2, 0.25) is 0 Å². The molecule has 0 aliphatic rings. The predicted molar refractivity (Wildman–Crippen MR) is 226 cm³/mol. The Morgan fingerprint density at radius 2 is 0.964 bits per heavy atom. The minimum absolute atomic E-state index is 0.152. The van der Waals surface area contributed by atoms with Gasteiger partial charge in [0.2, 0.25) is 0 Å². The van der Waals surface area contributed by atoms with E-state index >= 15 is 0 Å². The van der Waals surface area contributed by atoms with Crippen LogP contribution in [0.25, 0.3) is 0 Å². The number of unbranched alkanes of at least 4 members (excludes halogenated alkanes) is 18. The van der Waals surface area contributed by atoms with Crippen LogP contribution in [0.3, 0.4) is 0 Å². The molecule has 0 saturated heterocycles. The smallest absolute Gasteiger partial charge is 0.472 e. The third-order valence-electron chi connectivity index (χ3n) is 9.05. The quantitative estimate of drug-likeness (QED) is 0.0233. The SMILES string of the molecule is CCCC/C=C/CCCCCCCCCCCC(=O)O[C@H](COC(=O)CCCCCC/C=C/C/C=C/C/C=C/CCCCC)COP(=O)(O)OC[C@H](N)C(=O)O. The number of phosphoric ester groups is 1. The van der Waals surface area contributed by atoms with Gasteiger partial charge in [-0.05, 0) is 70.6 Å². The predicted octanol–water partition coefficient (Wildman–Crippen LogP) is 11.4. The lowest BCUT2D eigenvalue weighted by Crippen LogP contribution is -2.34. The number of carboxylic acids is 1. The first kappa shape index (κ1) is 53.4. The van der Waals surface area contributed by atoms with Gasteiger partial charge in [0.1, 0.15) is 12.6 Å². The van der Waals surface area contributed by atoms with E-state index in [0.29, 0.717) is 12.8 Å². The summed E-state index contributed by atoms with van der Waals surface area (Å²) in [5, 5.41) is 8.88. The van der Waals surface area contributed by atoms with Gasteiger partial charge in [0.15, 0.2) is 6.10 Å². The number of hydrogen-bond acceptors (Lipinski definition) is 9. The molecule has 4 N–H and O–H groups in total. The molecule has 0 aromatic carbocycles. The third kappa shape index (κ3) is 38.3. The summed E-state index contributed by atoms with van der Waals surface area (Å²) in [6.45, 7) is 2.72. The van der Waals surface area contributed by atoms with Crippen LogP contribution in [-0.2, 0) is 37.5 Å². The second-order valence-corrected chi connectivity index (χ2v) is 15.9. The lowest BCUT2D eigenvalue weighted by atomic mass is 10.1. The molecule has 1 unspecified atom stereocenters. The highest BCUT2D eigenvalue weighted by Crippen LogP contribution is 2.43. The van der Waals surface area contributed by atoms with E-state index in [4.69, 9.17) is 24.8 Å². The topological polar surface area (TPSA) is 172 Å². The van der Waals surface area contributed by atoms with Gasteiger partial charge in [0.25, 0.3) is 0 Å². The molecule has 0 aromatic rings. The number of carbonyl (C=O) groups is 3. The van der Waals surface area contributed by atoms with Crippen LogP contribution in [0.4, 0.5) is 0 Å². The van der Waals surface area contributed by atoms with E-state index in [1.54, 1.807) is 0 Å². The minimum Gasteiger partial charge on any atom is -0.480 e. The molecular weight excluding hydrogens is 733 g/mol. The first-order valence-corrected chi connectivity index (χ1v) is 23.2. The number of allylic oxidation sites excluding steroid dienone is 8. The molecule has 12 heteroatoms. The zero-order chi connectivity index (χ0) is 41.4. The summed E-state index contributed by atoms with van der Waals surface area (Å²) in [6.07, 6.45) is 43.1. The molecule has 324 valence electrons. The number of carbonyl (C=O) groups excluding carboxylic acids is 2. The van der Waals surface area contributed by atoms with Gasteiger partial charge in [-0.2, -0.15) is 0 Å². The first-order valence-electron chi connectivity index (χ1n) is 21.7. The van der Waals surface area contributed by atoms with Gasteiger partial charge in [0, 0.05) is 12.8 Å². The number of phosphoric acid groups is 1. The van der Waals surface area contributed by atoms with E-state index in [-0.39, 0.29) is 19.4 Å². The number of aliphatic carboxylic acids is 1. The van der Waals surface area contributed by atoms with Crippen molar-refractivity contribution in [3.63, 3.8) is 0 Å². The molecule has 11 nitrogen and oxygen atoms in total. The standard InChI is InChI=1S/C44H78NO10P/c1-3-5-7-9-11-13-15-17-19-20-22-23-25-27-29-31-33-35-42(46)52-37-40(38-53-56(50,51)54-39-41(45)44(48)49)55-43(47)36-34-32-30-28-26-24-21-18-16-14-12-10-8-6-4-2/h10-13,17,19,22-23,40-41H,3-9,14-16,18,20-21,24-39,45H2,1-2H3,(H,48,49)(H,50,51)/b12-10+,13-11+,19-17+,23-22+/t40-,41+/m1/s1.